The van der Waals surface area contributed by atoms with Gasteiger partial charge in [-0.15, -0.1) is 0 Å². The second-order valence-electron chi connectivity index (χ2n) is 6.48. The van der Waals surface area contributed by atoms with Gasteiger partial charge in [0.1, 0.15) is 5.82 Å². The van der Waals surface area contributed by atoms with Crippen LogP contribution in [0, 0.1) is 0 Å². The summed E-state index contributed by atoms with van der Waals surface area (Å²) in [6, 6.07) is 19.3. The highest BCUT2D eigenvalue weighted by Crippen LogP contribution is 2.30. The van der Waals surface area contributed by atoms with Gasteiger partial charge in [0, 0.05) is 30.3 Å². The van der Waals surface area contributed by atoms with Crippen LogP contribution in [0.5, 0.6) is 0 Å². The molecule has 0 saturated heterocycles. The van der Waals surface area contributed by atoms with E-state index in [0.717, 1.165) is 30.0 Å². The van der Waals surface area contributed by atoms with Gasteiger partial charge in [-0.25, -0.2) is 4.98 Å². The first-order valence-corrected chi connectivity index (χ1v) is 8.19. The zero-order valence-electron chi connectivity index (χ0n) is 13.3. The van der Waals surface area contributed by atoms with E-state index in [-0.39, 0.29) is 6.04 Å². The lowest BCUT2D eigenvalue weighted by Crippen LogP contribution is -2.33. The summed E-state index contributed by atoms with van der Waals surface area (Å²) in [6.07, 6.45) is 3.16. The molecule has 1 aliphatic heterocycles. The van der Waals surface area contributed by atoms with E-state index in [2.05, 4.69) is 66.2 Å². The van der Waals surface area contributed by atoms with Gasteiger partial charge in [-0.05, 0) is 17.5 Å². The van der Waals surface area contributed by atoms with Gasteiger partial charge in [-0.1, -0.05) is 61.5 Å². The van der Waals surface area contributed by atoms with Gasteiger partial charge >= 0.3 is 0 Å². The highest BCUT2D eigenvalue weighted by Gasteiger charge is 2.24. The summed E-state index contributed by atoms with van der Waals surface area (Å²) in [5, 5.41) is 0. The van der Waals surface area contributed by atoms with Crippen LogP contribution in [0.4, 0.5) is 0 Å². The van der Waals surface area contributed by atoms with Crippen LogP contribution in [0.1, 0.15) is 25.1 Å². The van der Waals surface area contributed by atoms with Crippen molar-refractivity contribution in [3.05, 3.63) is 66.6 Å². The highest BCUT2D eigenvalue weighted by molar-refractivity contribution is 5.68. The number of nitrogens with two attached hydrogens (primary N) is 1. The van der Waals surface area contributed by atoms with Crippen molar-refractivity contribution < 1.29 is 0 Å². The quantitative estimate of drug-likeness (QED) is 0.776. The zero-order chi connectivity index (χ0) is 15.8. The molecule has 2 unspecified atom stereocenters. The second kappa shape index (κ2) is 5.67. The van der Waals surface area contributed by atoms with Crippen LogP contribution in [0.2, 0.25) is 0 Å². The van der Waals surface area contributed by atoms with Crippen molar-refractivity contribution in [3.63, 3.8) is 0 Å². The first kappa shape index (κ1) is 14.2. The van der Waals surface area contributed by atoms with Gasteiger partial charge in [0.05, 0.1) is 5.69 Å². The molecule has 2 heterocycles. The molecular formula is C20H21N3. The lowest BCUT2D eigenvalue weighted by atomic mass is 9.98. The number of nitrogens with zero attached hydrogens (tertiary/aromatic N) is 2. The molecule has 3 heteroatoms. The number of benzene rings is 2. The van der Waals surface area contributed by atoms with E-state index >= 15 is 0 Å². The largest absolute Gasteiger partial charge is 0.332 e. The molecule has 2 aromatic carbocycles. The van der Waals surface area contributed by atoms with Crippen LogP contribution < -0.4 is 5.73 Å². The molecule has 0 aliphatic carbocycles. The Labute approximate surface area is 136 Å². The average molecular weight is 303 g/mol. The second-order valence-corrected chi connectivity index (χ2v) is 6.48. The molecule has 0 fully saturated rings. The number of rotatable bonds is 2. The lowest BCUT2D eigenvalue weighted by Gasteiger charge is -2.25. The molecule has 0 amide bonds. The van der Waals surface area contributed by atoms with Crippen LogP contribution in [-0.4, -0.2) is 15.6 Å². The van der Waals surface area contributed by atoms with Crippen LogP contribution in [0.25, 0.3) is 22.4 Å². The zero-order valence-corrected chi connectivity index (χ0v) is 13.3. The van der Waals surface area contributed by atoms with Crippen LogP contribution in [0.3, 0.4) is 0 Å². The summed E-state index contributed by atoms with van der Waals surface area (Å²) in [5.41, 5.74) is 10.8. The van der Waals surface area contributed by atoms with Crippen molar-refractivity contribution in [2.24, 2.45) is 5.73 Å². The third-order valence-corrected chi connectivity index (χ3v) is 4.62. The summed E-state index contributed by atoms with van der Waals surface area (Å²) in [6.45, 7) is 3.08. The summed E-state index contributed by atoms with van der Waals surface area (Å²) in [5.74, 6) is 1.59. The minimum atomic E-state index is 0.236. The van der Waals surface area contributed by atoms with E-state index in [1.165, 1.54) is 11.1 Å². The first-order valence-electron chi connectivity index (χ1n) is 8.19. The maximum Gasteiger partial charge on any atom is 0.112 e. The van der Waals surface area contributed by atoms with Crippen LogP contribution in [-0.2, 0) is 6.54 Å². The Bertz CT molecular complexity index is 803. The van der Waals surface area contributed by atoms with Gasteiger partial charge in [0.15, 0.2) is 0 Å². The predicted molar refractivity (Wildman–Crippen MR) is 94.1 cm³/mol. The van der Waals surface area contributed by atoms with E-state index in [9.17, 15) is 0 Å². The number of fused-ring (bicyclic) bond motifs is 1. The van der Waals surface area contributed by atoms with Gasteiger partial charge < -0.3 is 10.3 Å². The number of imidazole rings is 1. The first-order chi connectivity index (χ1) is 11.2. The summed E-state index contributed by atoms with van der Waals surface area (Å²) in [7, 11) is 0. The third-order valence-electron chi connectivity index (χ3n) is 4.62. The maximum atomic E-state index is 6.12. The minimum absolute atomic E-state index is 0.236. The predicted octanol–water partition coefficient (Wildman–Crippen LogP) is 4.05. The van der Waals surface area contributed by atoms with E-state index in [1.807, 2.05) is 6.07 Å². The van der Waals surface area contributed by atoms with Crippen molar-refractivity contribution in [2.45, 2.75) is 31.8 Å². The fourth-order valence-electron chi connectivity index (χ4n) is 3.46. The molecule has 0 spiro atoms. The van der Waals surface area contributed by atoms with Crippen LogP contribution >= 0.6 is 0 Å². The molecule has 116 valence electrons. The smallest absolute Gasteiger partial charge is 0.112 e. The Kier molecular flexibility index (Phi) is 3.50. The summed E-state index contributed by atoms with van der Waals surface area (Å²) >= 11 is 0. The Morgan fingerprint density at radius 1 is 0.957 bits per heavy atom. The monoisotopic (exact) mass is 303 g/mol. The molecular weight excluding hydrogens is 282 g/mol. The highest BCUT2D eigenvalue weighted by atomic mass is 15.1. The molecule has 1 aliphatic rings. The number of aromatic nitrogens is 2. The van der Waals surface area contributed by atoms with Gasteiger partial charge in [-0.2, -0.15) is 0 Å². The fourth-order valence-corrected chi connectivity index (χ4v) is 3.46. The topological polar surface area (TPSA) is 43.8 Å². The van der Waals surface area contributed by atoms with Crippen molar-refractivity contribution in [1.82, 2.24) is 9.55 Å². The average Bonchev–Trinajstić information content (AvgIpc) is 3.00. The molecule has 23 heavy (non-hydrogen) atoms. The van der Waals surface area contributed by atoms with E-state index in [4.69, 9.17) is 10.7 Å². The molecule has 0 radical (unpaired) electrons. The van der Waals surface area contributed by atoms with E-state index in [0.29, 0.717) is 5.92 Å². The van der Waals surface area contributed by atoms with E-state index < -0.39 is 0 Å². The molecule has 2 atom stereocenters. The van der Waals surface area contributed by atoms with Crippen molar-refractivity contribution in [2.75, 3.05) is 0 Å². The van der Waals surface area contributed by atoms with E-state index in [1.54, 1.807) is 0 Å². The molecule has 3 aromatic rings. The lowest BCUT2D eigenvalue weighted by molar-refractivity contribution is 0.407. The number of hydrogen-bond acceptors (Lipinski definition) is 2. The van der Waals surface area contributed by atoms with Gasteiger partial charge in [0.2, 0.25) is 0 Å². The molecule has 4 rings (SSSR count). The normalized spacial score (nSPS) is 20.3. The Hall–Kier alpha value is -2.39. The summed E-state index contributed by atoms with van der Waals surface area (Å²) < 4.78 is 2.22. The minimum Gasteiger partial charge on any atom is -0.332 e. The molecule has 0 bridgehead atoms. The Morgan fingerprint density at radius 2 is 1.61 bits per heavy atom. The van der Waals surface area contributed by atoms with Crippen molar-refractivity contribution >= 4 is 0 Å². The standard InChI is InChI=1S/C20H21N3/c1-14-11-18(21)12-23-13-19(22-20(14)23)17-9-7-16(8-10-17)15-5-3-2-4-6-15/h2-10,13-14,18H,11-12,21H2,1H3. The SMILES string of the molecule is CC1CC(N)Cn2cc(-c3ccc(-c4ccccc4)cc3)nc21. The van der Waals surface area contributed by atoms with Crippen molar-refractivity contribution in [3.8, 4) is 22.4 Å². The molecule has 1 aromatic heterocycles. The molecule has 3 nitrogen and oxygen atoms in total. The Morgan fingerprint density at radius 3 is 2.35 bits per heavy atom. The Balaban J connectivity index is 1.66. The molecule has 2 N–H and O–H groups in total. The van der Waals surface area contributed by atoms with Crippen molar-refractivity contribution in [1.29, 1.82) is 0 Å². The maximum absolute atomic E-state index is 6.12. The molecule has 0 saturated carbocycles. The van der Waals surface area contributed by atoms with Gasteiger partial charge in [-0.3, -0.25) is 0 Å². The third kappa shape index (κ3) is 2.68. The fraction of sp³-hybridized carbons (Fsp3) is 0.250. The number of hydrogen-bond donors (Lipinski definition) is 1. The van der Waals surface area contributed by atoms with Gasteiger partial charge in [0.25, 0.3) is 0 Å². The summed E-state index contributed by atoms with van der Waals surface area (Å²) in [4.78, 5) is 4.85. The van der Waals surface area contributed by atoms with Crippen LogP contribution in [0.15, 0.2) is 60.8 Å².